The largest absolute Gasteiger partial charge is 0.361 e. The fraction of sp³-hybridized carbons (Fsp3) is 0.571. The van der Waals surface area contributed by atoms with Crippen molar-refractivity contribution < 1.29 is 4.52 Å². The molecule has 0 amide bonds. The van der Waals surface area contributed by atoms with E-state index in [1.165, 1.54) is 0 Å². The van der Waals surface area contributed by atoms with Crippen molar-refractivity contribution in [2.75, 3.05) is 0 Å². The van der Waals surface area contributed by atoms with E-state index in [4.69, 9.17) is 10.3 Å². The minimum atomic E-state index is 0.157. The predicted molar refractivity (Wildman–Crippen MR) is 38.6 cm³/mol. The average Bonchev–Trinajstić information content (AvgIpc) is 2.13. The number of aryl methyl sites for hydroxylation is 1. The monoisotopic (exact) mass is 140 g/mol. The first-order valence-electron chi connectivity index (χ1n) is 3.36. The lowest BCUT2D eigenvalue weighted by Crippen LogP contribution is -2.17. The van der Waals surface area contributed by atoms with Crippen LogP contribution in [0.1, 0.15) is 18.4 Å². The third-order valence-electron chi connectivity index (χ3n) is 1.21. The zero-order valence-electron chi connectivity index (χ0n) is 6.29. The van der Waals surface area contributed by atoms with Gasteiger partial charge in [0.1, 0.15) is 5.76 Å². The maximum absolute atomic E-state index is 5.55. The fourth-order valence-electron chi connectivity index (χ4n) is 0.844. The molecule has 0 fully saturated rings. The normalized spacial score (nSPS) is 13.5. The molecule has 0 aromatic carbocycles. The Bertz CT molecular complexity index is 205. The van der Waals surface area contributed by atoms with Gasteiger partial charge in [-0.3, -0.25) is 0 Å². The SMILES string of the molecule is Cc1cc(C[C@@H](C)N)no1. The van der Waals surface area contributed by atoms with Gasteiger partial charge < -0.3 is 10.3 Å². The smallest absolute Gasteiger partial charge is 0.133 e. The molecular formula is C7H12N2O. The van der Waals surface area contributed by atoms with Crippen molar-refractivity contribution in [1.29, 1.82) is 0 Å². The summed E-state index contributed by atoms with van der Waals surface area (Å²) in [5.74, 6) is 0.843. The van der Waals surface area contributed by atoms with Crippen LogP contribution in [0.2, 0.25) is 0 Å². The molecule has 0 spiro atoms. The molecule has 0 saturated heterocycles. The lowest BCUT2D eigenvalue weighted by atomic mass is 10.2. The van der Waals surface area contributed by atoms with Crippen LogP contribution in [0.5, 0.6) is 0 Å². The van der Waals surface area contributed by atoms with Crippen LogP contribution < -0.4 is 5.73 Å². The lowest BCUT2D eigenvalue weighted by Gasteiger charge is -1.97. The predicted octanol–water partition coefficient (Wildman–Crippen LogP) is 0.873. The lowest BCUT2D eigenvalue weighted by molar-refractivity contribution is 0.389. The third-order valence-corrected chi connectivity index (χ3v) is 1.21. The van der Waals surface area contributed by atoms with Gasteiger partial charge in [0, 0.05) is 18.5 Å². The van der Waals surface area contributed by atoms with E-state index in [2.05, 4.69) is 5.16 Å². The molecule has 1 heterocycles. The number of rotatable bonds is 2. The number of nitrogens with zero attached hydrogens (tertiary/aromatic N) is 1. The van der Waals surface area contributed by atoms with Crippen LogP contribution in [0.4, 0.5) is 0 Å². The highest BCUT2D eigenvalue weighted by Gasteiger charge is 2.01. The van der Waals surface area contributed by atoms with Crippen LogP contribution in [-0.4, -0.2) is 11.2 Å². The summed E-state index contributed by atoms with van der Waals surface area (Å²) in [6, 6.07) is 2.06. The molecule has 2 N–H and O–H groups in total. The first-order valence-corrected chi connectivity index (χ1v) is 3.36. The maximum Gasteiger partial charge on any atom is 0.133 e. The minimum Gasteiger partial charge on any atom is -0.361 e. The van der Waals surface area contributed by atoms with E-state index < -0.39 is 0 Å². The van der Waals surface area contributed by atoms with E-state index in [-0.39, 0.29) is 6.04 Å². The van der Waals surface area contributed by atoms with Gasteiger partial charge in [0.25, 0.3) is 0 Å². The van der Waals surface area contributed by atoms with Gasteiger partial charge in [0.15, 0.2) is 0 Å². The highest BCUT2D eigenvalue weighted by molar-refractivity contribution is 5.04. The van der Waals surface area contributed by atoms with Gasteiger partial charge in [-0.2, -0.15) is 0 Å². The van der Waals surface area contributed by atoms with Gasteiger partial charge in [0.05, 0.1) is 5.69 Å². The highest BCUT2D eigenvalue weighted by Crippen LogP contribution is 2.02. The summed E-state index contributed by atoms with van der Waals surface area (Å²) in [5, 5.41) is 3.80. The Labute approximate surface area is 60.2 Å². The van der Waals surface area contributed by atoms with Gasteiger partial charge in [0.2, 0.25) is 0 Å². The summed E-state index contributed by atoms with van der Waals surface area (Å²) in [4.78, 5) is 0. The van der Waals surface area contributed by atoms with Crippen LogP contribution in [0.15, 0.2) is 10.6 Å². The van der Waals surface area contributed by atoms with E-state index >= 15 is 0 Å². The summed E-state index contributed by atoms with van der Waals surface area (Å²) < 4.78 is 4.86. The minimum absolute atomic E-state index is 0.157. The standard InChI is InChI=1S/C7H12N2O/c1-5(8)3-7-4-6(2)10-9-7/h4-5H,3,8H2,1-2H3/t5-/m1/s1. The zero-order valence-corrected chi connectivity index (χ0v) is 6.29. The summed E-state index contributed by atoms with van der Waals surface area (Å²) in [6.45, 7) is 3.82. The maximum atomic E-state index is 5.55. The molecule has 3 heteroatoms. The number of nitrogens with two attached hydrogens (primary N) is 1. The Balaban J connectivity index is 2.58. The van der Waals surface area contributed by atoms with Crippen molar-refractivity contribution in [3.8, 4) is 0 Å². The van der Waals surface area contributed by atoms with E-state index in [0.29, 0.717) is 0 Å². The molecule has 1 aromatic heterocycles. The molecule has 1 atom stereocenters. The Morgan fingerprint density at radius 1 is 1.80 bits per heavy atom. The van der Waals surface area contributed by atoms with Crippen LogP contribution in [0.3, 0.4) is 0 Å². The second-order valence-electron chi connectivity index (χ2n) is 2.61. The van der Waals surface area contributed by atoms with Crippen molar-refractivity contribution in [3.05, 3.63) is 17.5 Å². The topological polar surface area (TPSA) is 52.0 Å². The van der Waals surface area contributed by atoms with Crippen LogP contribution >= 0.6 is 0 Å². The second kappa shape index (κ2) is 2.84. The van der Waals surface area contributed by atoms with E-state index in [1.807, 2.05) is 19.9 Å². The molecule has 0 unspecified atom stereocenters. The van der Waals surface area contributed by atoms with Crippen molar-refractivity contribution in [2.45, 2.75) is 26.3 Å². The molecule has 0 saturated carbocycles. The number of aromatic nitrogens is 1. The second-order valence-corrected chi connectivity index (χ2v) is 2.61. The Morgan fingerprint density at radius 3 is 2.90 bits per heavy atom. The van der Waals surface area contributed by atoms with Crippen LogP contribution in [-0.2, 0) is 6.42 Å². The molecule has 0 aliphatic carbocycles. The summed E-state index contributed by atoms with van der Waals surface area (Å²) in [6.07, 6.45) is 0.789. The summed E-state index contributed by atoms with van der Waals surface area (Å²) in [5.41, 5.74) is 6.49. The van der Waals surface area contributed by atoms with Gasteiger partial charge in [-0.15, -0.1) is 0 Å². The van der Waals surface area contributed by atoms with Gasteiger partial charge >= 0.3 is 0 Å². The third kappa shape index (κ3) is 1.84. The van der Waals surface area contributed by atoms with Gasteiger partial charge in [-0.25, -0.2) is 0 Å². The first kappa shape index (κ1) is 7.28. The quantitative estimate of drug-likeness (QED) is 0.663. The van der Waals surface area contributed by atoms with Crippen LogP contribution in [0, 0.1) is 6.92 Å². The molecule has 0 aliphatic heterocycles. The molecular weight excluding hydrogens is 128 g/mol. The van der Waals surface area contributed by atoms with Crippen molar-refractivity contribution in [3.63, 3.8) is 0 Å². The van der Waals surface area contributed by atoms with Crippen molar-refractivity contribution >= 4 is 0 Å². The molecule has 56 valence electrons. The molecule has 1 aromatic rings. The van der Waals surface area contributed by atoms with E-state index in [1.54, 1.807) is 0 Å². The van der Waals surface area contributed by atoms with E-state index in [0.717, 1.165) is 17.9 Å². The Kier molecular flexibility index (Phi) is 2.06. The highest BCUT2D eigenvalue weighted by atomic mass is 16.5. The van der Waals surface area contributed by atoms with Crippen LogP contribution in [0.25, 0.3) is 0 Å². The molecule has 1 rings (SSSR count). The summed E-state index contributed by atoms with van der Waals surface area (Å²) >= 11 is 0. The molecule has 10 heavy (non-hydrogen) atoms. The number of hydrogen-bond donors (Lipinski definition) is 1. The molecule has 0 radical (unpaired) electrons. The molecule has 3 nitrogen and oxygen atoms in total. The Hall–Kier alpha value is -0.830. The van der Waals surface area contributed by atoms with Gasteiger partial charge in [-0.05, 0) is 13.8 Å². The Morgan fingerprint density at radius 2 is 2.50 bits per heavy atom. The first-order chi connectivity index (χ1) is 4.68. The van der Waals surface area contributed by atoms with Crippen molar-refractivity contribution in [1.82, 2.24) is 5.16 Å². The van der Waals surface area contributed by atoms with E-state index in [9.17, 15) is 0 Å². The average molecular weight is 140 g/mol. The fourth-order valence-corrected chi connectivity index (χ4v) is 0.844. The summed E-state index contributed by atoms with van der Waals surface area (Å²) in [7, 11) is 0. The van der Waals surface area contributed by atoms with Crippen molar-refractivity contribution in [2.24, 2.45) is 5.73 Å². The molecule has 0 bridgehead atoms. The number of hydrogen-bond acceptors (Lipinski definition) is 3. The molecule has 0 aliphatic rings. The zero-order chi connectivity index (χ0) is 7.56. The van der Waals surface area contributed by atoms with Gasteiger partial charge in [-0.1, -0.05) is 5.16 Å².